The third-order valence-corrected chi connectivity index (χ3v) is 8.28. The standard InChI is InChI=1S/C28H34NO5P.2C2H6/c1-5-19(2)26-16-22(8-9-27(26)30)15-25-20(3)13-24(14-21(25)4)32-18-35(31)33-12-10-28(34-35)23-7-6-11-29-17-23;2*1-2/h6-9,11,13-14,16-17,19,28,30H,5,10,12,15,18H2,1-4H3;2*1-2H3. The van der Waals surface area contributed by atoms with Gasteiger partial charge in [-0.1, -0.05) is 59.7 Å². The van der Waals surface area contributed by atoms with E-state index in [1.807, 2.05) is 58.0 Å². The molecule has 2 heterocycles. The number of nitrogens with zero attached hydrogens (tertiary/aromatic N) is 1. The maximum atomic E-state index is 13.2. The second-order valence-corrected chi connectivity index (χ2v) is 11.3. The highest BCUT2D eigenvalue weighted by Gasteiger charge is 2.35. The monoisotopic (exact) mass is 555 g/mol. The Morgan fingerprint density at radius 3 is 2.41 bits per heavy atom. The molecular weight excluding hydrogens is 509 g/mol. The second kappa shape index (κ2) is 15.8. The molecule has 2 aromatic carbocycles. The molecule has 1 aliphatic rings. The molecule has 1 aliphatic heterocycles. The minimum atomic E-state index is -3.39. The van der Waals surface area contributed by atoms with Crippen molar-refractivity contribution in [3.8, 4) is 11.5 Å². The molecular formula is C32H46NO5P. The molecule has 3 aromatic rings. The lowest BCUT2D eigenvalue weighted by molar-refractivity contribution is 0.0723. The van der Waals surface area contributed by atoms with Gasteiger partial charge in [-0.05, 0) is 90.3 Å². The van der Waals surface area contributed by atoms with Crippen molar-refractivity contribution in [1.82, 2.24) is 4.98 Å². The highest BCUT2D eigenvalue weighted by Crippen LogP contribution is 2.55. The fourth-order valence-corrected chi connectivity index (χ4v) is 5.94. The van der Waals surface area contributed by atoms with Crippen LogP contribution in [-0.4, -0.2) is 23.0 Å². The fraction of sp³-hybridized carbons (Fsp3) is 0.469. The highest BCUT2D eigenvalue weighted by atomic mass is 31.2. The van der Waals surface area contributed by atoms with Crippen LogP contribution in [0.4, 0.5) is 0 Å². The number of phenols is 1. The molecule has 3 atom stereocenters. The first-order valence-corrected chi connectivity index (χ1v) is 15.9. The van der Waals surface area contributed by atoms with Crippen LogP contribution in [0, 0.1) is 13.8 Å². The first kappa shape index (κ1) is 32.6. The average molecular weight is 556 g/mol. The predicted molar refractivity (Wildman–Crippen MR) is 160 cm³/mol. The summed E-state index contributed by atoms with van der Waals surface area (Å²) < 4.78 is 30.5. The summed E-state index contributed by atoms with van der Waals surface area (Å²) >= 11 is 0. The van der Waals surface area contributed by atoms with Gasteiger partial charge in [0.15, 0.2) is 6.35 Å². The van der Waals surface area contributed by atoms with Crippen LogP contribution in [0.15, 0.2) is 54.9 Å². The van der Waals surface area contributed by atoms with E-state index in [-0.39, 0.29) is 12.5 Å². The normalized spacial score (nSPS) is 19.1. The lowest BCUT2D eigenvalue weighted by Crippen LogP contribution is -2.17. The Bertz CT molecular complexity index is 1190. The van der Waals surface area contributed by atoms with Crippen LogP contribution in [0.25, 0.3) is 0 Å². The largest absolute Gasteiger partial charge is 0.508 e. The van der Waals surface area contributed by atoms with Gasteiger partial charge < -0.3 is 14.4 Å². The van der Waals surface area contributed by atoms with E-state index in [9.17, 15) is 9.67 Å². The zero-order valence-corrected chi connectivity index (χ0v) is 25.8. The molecule has 1 fully saturated rings. The van der Waals surface area contributed by atoms with Gasteiger partial charge in [0.2, 0.25) is 0 Å². The maximum absolute atomic E-state index is 13.2. The van der Waals surface area contributed by atoms with Crippen molar-refractivity contribution in [2.75, 3.05) is 13.0 Å². The molecule has 214 valence electrons. The van der Waals surface area contributed by atoms with Gasteiger partial charge in [-0.3, -0.25) is 14.1 Å². The van der Waals surface area contributed by atoms with Crippen LogP contribution in [0.2, 0.25) is 0 Å². The SMILES string of the molecule is CC.CC.CCC(C)c1cc(Cc2c(C)cc(OCP3(=O)OCCC(c4cccnc4)O3)cc2C)ccc1O. The third kappa shape index (κ3) is 8.93. The van der Waals surface area contributed by atoms with E-state index in [1.165, 1.54) is 5.56 Å². The highest BCUT2D eigenvalue weighted by molar-refractivity contribution is 7.53. The van der Waals surface area contributed by atoms with Crippen LogP contribution >= 0.6 is 7.60 Å². The van der Waals surface area contributed by atoms with Gasteiger partial charge in [0, 0.05) is 18.8 Å². The Kier molecular flexibility index (Phi) is 13.2. The number of aryl methyl sites for hydroxylation is 2. The summed E-state index contributed by atoms with van der Waals surface area (Å²) in [5, 5.41) is 10.3. The molecule has 1 aromatic heterocycles. The third-order valence-electron chi connectivity index (χ3n) is 6.69. The van der Waals surface area contributed by atoms with Crippen molar-refractivity contribution in [2.24, 2.45) is 0 Å². The summed E-state index contributed by atoms with van der Waals surface area (Å²) in [6.45, 7) is 16.7. The summed E-state index contributed by atoms with van der Waals surface area (Å²) in [6.07, 6.45) is 5.33. The van der Waals surface area contributed by atoms with Crippen molar-refractivity contribution < 1.29 is 23.5 Å². The van der Waals surface area contributed by atoms with Gasteiger partial charge in [-0.15, -0.1) is 0 Å². The van der Waals surface area contributed by atoms with Crippen LogP contribution < -0.4 is 4.74 Å². The number of pyridine rings is 1. The van der Waals surface area contributed by atoms with Crippen molar-refractivity contribution in [1.29, 1.82) is 0 Å². The summed E-state index contributed by atoms with van der Waals surface area (Å²) in [5.74, 6) is 1.30. The van der Waals surface area contributed by atoms with Crippen molar-refractivity contribution in [3.05, 3.63) is 88.2 Å². The molecule has 0 aliphatic carbocycles. The quantitative estimate of drug-likeness (QED) is 0.279. The van der Waals surface area contributed by atoms with E-state index < -0.39 is 7.60 Å². The minimum Gasteiger partial charge on any atom is -0.508 e. The maximum Gasteiger partial charge on any atom is 0.368 e. The summed E-state index contributed by atoms with van der Waals surface area (Å²) in [5.41, 5.74) is 6.43. The van der Waals surface area contributed by atoms with Crippen molar-refractivity contribution in [2.45, 2.75) is 86.7 Å². The number of aromatic nitrogens is 1. The van der Waals surface area contributed by atoms with E-state index in [1.54, 1.807) is 18.5 Å². The Hall–Kier alpha value is -2.66. The van der Waals surface area contributed by atoms with Gasteiger partial charge in [-0.2, -0.15) is 0 Å². The molecule has 1 N–H and O–H groups in total. The van der Waals surface area contributed by atoms with E-state index in [0.717, 1.165) is 40.7 Å². The molecule has 39 heavy (non-hydrogen) atoms. The van der Waals surface area contributed by atoms with E-state index in [2.05, 4.69) is 38.7 Å². The molecule has 0 spiro atoms. The van der Waals surface area contributed by atoms with Gasteiger partial charge in [0.1, 0.15) is 11.5 Å². The lowest BCUT2D eigenvalue weighted by Gasteiger charge is -2.29. The molecule has 0 saturated carbocycles. The summed E-state index contributed by atoms with van der Waals surface area (Å²) in [4.78, 5) is 4.13. The van der Waals surface area contributed by atoms with Crippen LogP contribution in [-0.2, 0) is 20.0 Å². The average Bonchev–Trinajstić information content (AvgIpc) is 2.97. The van der Waals surface area contributed by atoms with E-state index in [4.69, 9.17) is 13.8 Å². The number of benzene rings is 2. The Morgan fingerprint density at radius 2 is 1.79 bits per heavy atom. The first-order chi connectivity index (χ1) is 18.8. The fourth-order valence-electron chi connectivity index (χ4n) is 4.44. The second-order valence-electron chi connectivity index (χ2n) is 9.30. The van der Waals surface area contributed by atoms with Crippen molar-refractivity contribution in [3.63, 3.8) is 0 Å². The number of hydrogen-bond donors (Lipinski definition) is 1. The predicted octanol–water partition coefficient (Wildman–Crippen LogP) is 9.27. The zero-order valence-electron chi connectivity index (χ0n) is 24.9. The minimum absolute atomic E-state index is 0.141. The van der Waals surface area contributed by atoms with Gasteiger partial charge in [0.25, 0.3) is 0 Å². The molecule has 6 nitrogen and oxygen atoms in total. The molecule has 0 bridgehead atoms. The number of phenolic OH excluding ortho intramolecular Hbond substituents is 1. The Balaban J connectivity index is 0.00000127. The molecule has 7 heteroatoms. The summed E-state index contributed by atoms with van der Waals surface area (Å²) in [7, 11) is -3.39. The van der Waals surface area contributed by atoms with Crippen molar-refractivity contribution >= 4 is 7.60 Å². The number of rotatable bonds is 8. The first-order valence-electron chi connectivity index (χ1n) is 14.1. The lowest BCUT2D eigenvalue weighted by atomic mass is 9.91. The Morgan fingerprint density at radius 1 is 1.10 bits per heavy atom. The van der Waals surface area contributed by atoms with Crippen LogP contribution in [0.1, 0.15) is 99.8 Å². The molecule has 3 unspecified atom stereocenters. The van der Waals surface area contributed by atoms with E-state index in [0.29, 0.717) is 30.4 Å². The zero-order chi connectivity index (χ0) is 29.0. The molecule has 4 rings (SSSR count). The number of ether oxygens (including phenoxy) is 1. The number of aromatic hydroxyl groups is 1. The number of hydrogen-bond acceptors (Lipinski definition) is 6. The Labute approximate surface area is 235 Å². The molecule has 0 radical (unpaired) electrons. The molecule has 0 amide bonds. The van der Waals surface area contributed by atoms with Gasteiger partial charge in [-0.25, -0.2) is 0 Å². The topological polar surface area (TPSA) is 77.9 Å². The van der Waals surface area contributed by atoms with Crippen LogP contribution in [0.5, 0.6) is 11.5 Å². The van der Waals surface area contributed by atoms with Gasteiger partial charge in [0.05, 0.1) is 12.7 Å². The smallest absolute Gasteiger partial charge is 0.368 e. The van der Waals surface area contributed by atoms with E-state index >= 15 is 0 Å². The van der Waals surface area contributed by atoms with Crippen LogP contribution in [0.3, 0.4) is 0 Å². The summed E-state index contributed by atoms with van der Waals surface area (Å²) in [6, 6.07) is 13.6. The molecule has 1 saturated heterocycles. The van der Waals surface area contributed by atoms with Gasteiger partial charge >= 0.3 is 7.60 Å².